The summed E-state index contributed by atoms with van der Waals surface area (Å²) < 4.78 is 16.5. The maximum absolute atomic E-state index is 14.1. The van der Waals surface area contributed by atoms with Crippen molar-refractivity contribution in [3.63, 3.8) is 0 Å². The fourth-order valence-electron chi connectivity index (χ4n) is 10.4. The Morgan fingerprint density at radius 2 is 0.937 bits per heavy atom. The Morgan fingerprint density at radius 1 is 0.582 bits per heavy atom. The molecule has 436 valence electrons. The van der Waals surface area contributed by atoms with Gasteiger partial charge in [0, 0.05) is 34.7 Å². The summed E-state index contributed by atoms with van der Waals surface area (Å²) in [5.74, 6) is 10.4. The number of nitrogens with one attached hydrogen (secondary N) is 1. The number of thiophene rings is 2. The number of aromatic carboxylic acids is 2. The van der Waals surface area contributed by atoms with E-state index in [4.69, 9.17) is 19.9 Å². The van der Waals surface area contributed by atoms with Crippen LogP contribution in [0, 0.1) is 58.2 Å². The van der Waals surface area contributed by atoms with Gasteiger partial charge in [-0.25, -0.2) is 19.2 Å². The number of carboxylic acid groups (broad SMARTS) is 2. The van der Waals surface area contributed by atoms with Crippen LogP contribution in [-0.4, -0.2) is 94.0 Å². The van der Waals surface area contributed by atoms with Crippen LogP contribution in [0.4, 0.5) is 16.2 Å². The number of amides is 3. The normalized spacial score (nSPS) is 24.2. The number of hydrogen-bond acceptors (Lipinski definition) is 13. The number of ether oxygens (including phenoxy) is 3. The lowest BCUT2D eigenvalue weighted by molar-refractivity contribution is -0.153. The maximum Gasteiger partial charge on any atom is 0.408 e. The maximum atomic E-state index is 14.1. The lowest BCUT2D eigenvalue weighted by Gasteiger charge is -2.39. The summed E-state index contributed by atoms with van der Waals surface area (Å²) in [7, 11) is 0. The molecule has 0 bridgehead atoms. The molecule has 16 nitrogen and oxygen atoms in total. The van der Waals surface area contributed by atoms with E-state index >= 15 is 0 Å². The van der Waals surface area contributed by atoms with Gasteiger partial charge in [-0.15, -0.1) is 22.7 Å². The molecule has 2 aromatic rings. The van der Waals surface area contributed by atoms with Crippen LogP contribution < -0.4 is 20.9 Å². The Hall–Kier alpha value is -5.43. The van der Waals surface area contributed by atoms with Crippen LogP contribution >= 0.6 is 22.7 Å². The summed E-state index contributed by atoms with van der Waals surface area (Å²) >= 11 is 2.23. The van der Waals surface area contributed by atoms with Gasteiger partial charge < -0.3 is 45.3 Å². The van der Waals surface area contributed by atoms with E-state index in [1.807, 2.05) is 41.5 Å². The summed E-state index contributed by atoms with van der Waals surface area (Å²) in [5, 5.41) is 22.7. The monoisotopic (exact) mass is 1130 g/mol. The summed E-state index contributed by atoms with van der Waals surface area (Å²) in [6, 6.07) is 1.60. The van der Waals surface area contributed by atoms with Gasteiger partial charge in [-0.2, -0.15) is 0 Å². The van der Waals surface area contributed by atoms with Crippen molar-refractivity contribution < 1.29 is 58.0 Å². The fourth-order valence-corrected chi connectivity index (χ4v) is 12.1. The van der Waals surface area contributed by atoms with E-state index in [-0.39, 0.29) is 68.5 Å². The standard InChI is InChI=1S/C33H48N2O7S.C28H40N2O5S/c1-20-9-11-22(12-10-20)28(36)35(26-19-25(17-18-32(3,4)5)43-27(26)29(37)38)23-13-15-24(16-14-23)41-30(39)21(2)34-31(40)42-33(6,7)8;1-17-6-8-19(9-7-17)25(31)30(20-10-12-21(13-11-20)35-27(34)18(2)29)23-16-22(14-15-28(3,4)5)36-24(23)26(32)33/h19-24H,9-16H2,1-8H3,(H,34,40)(H,37,38);16-21H,6-13,29H2,1-5H3,(H,32,33)/t20?,21-,22?,23?,24?;17?,18-,19?,20?,21?/m00/s1. The molecule has 3 amide bonds. The lowest BCUT2D eigenvalue weighted by atomic mass is 9.81. The van der Waals surface area contributed by atoms with E-state index in [9.17, 15) is 43.8 Å². The van der Waals surface area contributed by atoms with Crippen LogP contribution in [0.15, 0.2) is 12.1 Å². The van der Waals surface area contributed by atoms with Gasteiger partial charge in [-0.1, -0.05) is 37.5 Å². The smallest absolute Gasteiger partial charge is 0.408 e. The Balaban J connectivity index is 0.000000295. The van der Waals surface area contributed by atoms with E-state index in [0.29, 0.717) is 84.3 Å². The van der Waals surface area contributed by atoms with Gasteiger partial charge in [-0.3, -0.25) is 14.4 Å². The van der Waals surface area contributed by atoms with Gasteiger partial charge in [0.15, 0.2) is 0 Å². The molecule has 4 fully saturated rings. The first-order valence-electron chi connectivity index (χ1n) is 28.4. The van der Waals surface area contributed by atoms with Crippen molar-refractivity contribution in [1.82, 2.24) is 5.32 Å². The Morgan fingerprint density at radius 3 is 1.25 bits per heavy atom. The molecule has 0 aliphatic heterocycles. The molecule has 4 aliphatic rings. The number of esters is 2. The molecule has 2 aromatic heterocycles. The van der Waals surface area contributed by atoms with E-state index in [1.165, 1.54) is 0 Å². The highest BCUT2D eigenvalue weighted by Crippen LogP contribution is 2.41. The molecule has 6 rings (SSSR count). The molecule has 0 radical (unpaired) electrons. The van der Waals surface area contributed by atoms with Crippen LogP contribution in [-0.2, 0) is 33.4 Å². The first-order valence-corrected chi connectivity index (χ1v) is 30.0. The molecule has 18 heteroatoms. The molecular formula is C61H88N4O12S2. The van der Waals surface area contributed by atoms with Crippen LogP contribution in [0.5, 0.6) is 0 Å². The van der Waals surface area contributed by atoms with E-state index in [0.717, 1.165) is 74.0 Å². The number of nitrogens with zero attached hydrogens (tertiary/aromatic N) is 2. The minimum Gasteiger partial charge on any atom is -0.477 e. The lowest BCUT2D eigenvalue weighted by Crippen LogP contribution is -2.48. The zero-order valence-electron chi connectivity index (χ0n) is 49.0. The molecule has 79 heavy (non-hydrogen) atoms. The summed E-state index contributed by atoms with van der Waals surface area (Å²) in [6.07, 6.45) is 10.5. The van der Waals surface area contributed by atoms with Gasteiger partial charge in [0.1, 0.15) is 39.6 Å². The Bertz CT molecular complexity index is 2600. The molecule has 4 aliphatic carbocycles. The fraction of sp³-hybridized carbons (Fsp3) is 0.689. The van der Waals surface area contributed by atoms with Crippen molar-refractivity contribution in [2.45, 2.75) is 235 Å². The molecular weight excluding hydrogens is 1040 g/mol. The topological polar surface area (TPSA) is 232 Å². The van der Waals surface area contributed by atoms with Crippen molar-refractivity contribution in [1.29, 1.82) is 0 Å². The zero-order valence-corrected chi connectivity index (χ0v) is 50.6. The highest BCUT2D eigenvalue weighted by atomic mass is 32.1. The predicted octanol–water partition coefficient (Wildman–Crippen LogP) is 12.0. The molecule has 2 atom stereocenters. The van der Waals surface area contributed by atoms with E-state index in [2.05, 4.69) is 42.8 Å². The molecule has 2 heterocycles. The van der Waals surface area contributed by atoms with Gasteiger partial charge in [0.25, 0.3) is 0 Å². The van der Waals surface area contributed by atoms with Gasteiger partial charge >= 0.3 is 30.0 Å². The number of anilines is 2. The third-order valence-electron chi connectivity index (χ3n) is 14.7. The minimum atomic E-state index is -1.08. The van der Waals surface area contributed by atoms with Gasteiger partial charge in [0.05, 0.1) is 21.1 Å². The third kappa shape index (κ3) is 19.7. The van der Waals surface area contributed by atoms with Crippen LogP contribution in [0.3, 0.4) is 0 Å². The van der Waals surface area contributed by atoms with Crippen molar-refractivity contribution in [2.24, 2.45) is 40.2 Å². The number of hydrogen-bond donors (Lipinski definition) is 4. The number of nitrogens with two attached hydrogens (primary N) is 1. The van der Waals surface area contributed by atoms with Crippen molar-refractivity contribution in [3.05, 3.63) is 31.6 Å². The number of rotatable bonds is 13. The molecule has 0 spiro atoms. The average molecular weight is 1130 g/mol. The molecule has 0 aromatic carbocycles. The Labute approximate surface area is 477 Å². The highest BCUT2D eigenvalue weighted by molar-refractivity contribution is 7.15. The van der Waals surface area contributed by atoms with Gasteiger partial charge in [0.2, 0.25) is 11.8 Å². The molecule has 5 N–H and O–H groups in total. The predicted molar refractivity (Wildman–Crippen MR) is 309 cm³/mol. The SMILES string of the molecule is CC1CCC(C(=O)N(c2cc(C#CC(C)(C)C)sc2C(=O)O)C2CCC(OC(=O)[C@H](C)N)CC2)CC1.CC1CCC(C(=O)N(c2cc(C#CC(C)(C)C)sc2C(=O)O)C2CCC(OC(=O)[C@H](C)NC(=O)OC(C)(C)C)CC2)CC1. The Kier molecular flexibility index (Phi) is 22.7. The zero-order chi connectivity index (χ0) is 58.7. The van der Waals surface area contributed by atoms with Crippen LogP contribution in [0.1, 0.15) is 222 Å². The highest BCUT2D eigenvalue weighted by Gasteiger charge is 2.41. The van der Waals surface area contributed by atoms with Crippen molar-refractivity contribution >= 4 is 75.8 Å². The first-order chi connectivity index (χ1) is 36.8. The van der Waals surface area contributed by atoms with Crippen LogP contribution in [0.2, 0.25) is 0 Å². The quantitative estimate of drug-likeness (QED) is 0.0831. The molecule has 0 unspecified atom stereocenters. The van der Waals surface area contributed by atoms with E-state index < -0.39 is 47.7 Å². The van der Waals surface area contributed by atoms with Gasteiger partial charge in [-0.05, 0) is 203 Å². The van der Waals surface area contributed by atoms with E-state index in [1.54, 1.807) is 56.6 Å². The summed E-state index contributed by atoms with van der Waals surface area (Å²) in [5.41, 5.74) is 5.34. The second-order valence-electron chi connectivity index (χ2n) is 25.5. The van der Waals surface area contributed by atoms with Crippen molar-refractivity contribution in [2.75, 3.05) is 9.80 Å². The summed E-state index contributed by atoms with van der Waals surface area (Å²) in [6.45, 7) is 24.8. The molecule has 0 saturated heterocycles. The number of carboxylic acids is 2. The van der Waals surface area contributed by atoms with Crippen molar-refractivity contribution in [3.8, 4) is 23.7 Å². The van der Waals surface area contributed by atoms with Crippen LogP contribution in [0.25, 0.3) is 0 Å². The largest absolute Gasteiger partial charge is 0.477 e. The first kappa shape index (κ1) is 64.4. The third-order valence-corrected chi connectivity index (χ3v) is 16.8. The number of carbonyl (C=O) groups excluding carboxylic acids is 5. The second kappa shape index (κ2) is 27.8. The minimum absolute atomic E-state index is 0.00792. The summed E-state index contributed by atoms with van der Waals surface area (Å²) in [4.78, 5) is 94.5. The second-order valence-corrected chi connectivity index (χ2v) is 27.6. The number of alkyl carbamates (subject to hydrolysis) is 1. The average Bonchev–Trinajstić information content (AvgIpc) is 4.16. The molecule has 4 saturated carbocycles. The number of carbonyl (C=O) groups is 7.